The lowest BCUT2D eigenvalue weighted by Gasteiger charge is -2.26. The summed E-state index contributed by atoms with van der Waals surface area (Å²) in [4.78, 5) is 0. The second kappa shape index (κ2) is 7.27. The molecule has 1 aromatic rings. The maximum absolute atomic E-state index is 9.66. The Bertz CT molecular complexity index is 373. The molecule has 0 aliphatic heterocycles. The van der Waals surface area contributed by atoms with E-state index in [4.69, 9.17) is 15.9 Å². The lowest BCUT2D eigenvalue weighted by molar-refractivity contribution is -0.111. The molecule has 0 saturated carbocycles. The summed E-state index contributed by atoms with van der Waals surface area (Å²) < 4.78 is 0. The van der Waals surface area contributed by atoms with E-state index in [9.17, 15) is 15.3 Å². The molecule has 0 fully saturated rings. The minimum absolute atomic E-state index is 0.0275. The number of nitrogens with two attached hydrogens (primary N) is 1. The highest BCUT2D eigenvalue weighted by Gasteiger charge is 2.29. The first-order chi connectivity index (χ1) is 8.95. The predicted molar refractivity (Wildman–Crippen MR) is 70.5 cm³/mol. The van der Waals surface area contributed by atoms with Crippen LogP contribution in [0.5, 0.6) is 0 Å². The third kappa shape index (κ3) is 4.66. The zero-order valence-electron chi connectivity index (χ0n) is 10.3. The molecule has 4 atom stereocenters. The van der Waals surface area contributed by atoms with Crippen molar-refractivity contribution in [1.82, 2.24) is 0 Å². The number of anilines is 2. The van der Waals surface area contributed by atoms with Gasteiger partial charge in [-0.2, -0.15) is 0 Å². The third-order valence-corrected chi connectivity index (χ3v) is 2.75. The Morgan fingerprint density at radius 2 is 1.47 bits per heavy atom. The molecule has 8 N–H and O–H groups in total. The van der Waals surface area contributed by atoms with Gasteiger partial charge in [-0.15, -0.1) is 0 Å². The number of nitrogens with one attached hydrogen (secondary N) is 1. The fraction of sp³-hybridized carbons (Fsp3) is 0.500. The smallest absolute Gasteiger partial charge is 0.111 e. The van der Waals surface area contributed by atoms with E-state index < -0.39 is 31.0 Å². The van der Waals surface area contributed by atoms with Gasteiger partial charge in [-0.1, -0.05) is 0 Å². The Hall–Kier alpha value is -1.38. The van der Waals surface area contributed by atoms with Crippen LogP contribution in [0.2, 0.25) is 0 Å². The molecule has 7 heteroatoms. The van der Waals surface area contributed by atoms with Crippen molar-refractivity contribution in [2.45, 2.75) is 24.4 Å². The Balaban J connectivity index is 2.46. The summed E-state index contributed by atoms with van der Waals surface area (Å²) in [5.74, 6) is 0. The van der Waals surface area contributed by atoms with Crippen LogP contribution in [0.3, 0.4) is 0 Å². The fourth-order valence-electron chi connectivity index (χ4n) is 1.51. The monoisotopic (exact) mass is 272 g/mol. The molecule has 0 amide bonds. The van der Waals surface area contributed by atoms with E-state index in [-0.39, 0.29) is 6.54 Å². The van der Waals surface area contributed by atoms with E-state index in [2.05, 4.69) is 5.32 Å². The van der Waals surface area contributed by atoms with Gasteiger partial charge in [-0.25, -0.2) is 0 Å². The zero-order chi connectivity index (χ0) is 14.4. The van der Waals surface area contributed by atoms with Gasteiger partial charge in [0.15, 0.2) is 0 Å². The Kier molecular flexibility index (Phi) is 6.00. The van der Waals surface area contributed by atoms with Gasteiger partial charge in [0, 0.05) is 17.9 Å². The van der Waals surface area contributed by atoms with Crippen molar-refractivity contribution >= 4 is 11.4 Å². The normalized spacial score (nSPS) is 17.5. The first kappa shape index (κ1) is 15.7. The Labute approximate surface area is 110 Å². The number of hydrogen-bond acceptors (Lipinski definition) is 7. The largest absolute Gasteiger partial charge is 0.399 e. The summed E-state index contributed by atoms with van der Waals surface area (Å²) in [6.45, 7) is -0.726. The molecule has 0 aliphatic carbocycles. The molecule has 0 spiro atoms. The van der Waals surface area contributed by atoms with Crippen molar-refractivity contribution in [3.8, 4) is 0 Å². The average molecular weight is 272 g/mol. The molecule has 0 bridgehead atoms. The first-order valence-corrected chi connectivity index (χ1v) is 5.88. The third-order valence-electron chi connectivity index (χ3n) is 2.75. The fourth-order valence-corrected chi connectivity index (χ4v) is 1.51. The van der Waals surface area contributed by atoms with Crippen LogP contribution in [-0.2, 0) is 0 Å². The van der Waals surface area contributed by atoms with E-state index in [0.717, 1.165) is 0 Å². The maximum Gasteiger partial charge on any atom is 0.111 e. The van der Waals surface area contributed by atoms with Gasteiger partial charge < -0.3 is 36.6 Å². The van der Waals surface area contributed by atoms with Crippen LogP contribution in [0.1, 0.15) is 0 Å². The molecule has 1 aromatic carbocycles. The molecular formula is C12H20N2O5. The standard InChI is InChI=1S/C12H20N2O5/c13-7-1-3-8(4-2-7)14-5-9(16)11(18)12(19)10(17)6-15/h1-4,9-12,14-19H,5-6,13H2. The van der Waals surface area contributed by atoms with Gasteiger partial charge >= 0.3 is 0 Å². The van der Waals surface area contributed by atoms with Crippen LogP contribution in [-0.4, -0.2) is 63.1 Å². The van der Waals surface area contributed by atoms with Crippen LogP contribution >= 0.6 is 0 Å². The number of rotatable bonds is 7. The molecule has 0 aliphatic rings. The van der Waals surface area contributed by atoms with Gasteiger partial charge in [0.1, 0.15) is 18.3 Å². The molecule has 0 radical (unpaired) electrons. The van der Waals surface area contributed by atoms with Crippen LogP contribution in [0, 0.1) is 0 Å². The van der Waals surface area contributed by atoms with Crippen LogP contribution < -0.4 is 11.1 Å². The zero-order valence-corrected chi connectivity index (χ0v) is 10.3. The second-order valence-corrected chi connectivity index (χ2v) is 4.30. The summed E-state index contributed by atoms with van der Waals surface area (Å²) in [6.07, 6.45) is -5.98. The van der Waals surface area contributed by atoms with Crippen molar-refractivity contribution < 1.29 is 25.5 Å². The molecule has 4 unspecified atom stereocenters. The lowest BCUT2D eigenvalue weighted by atomic mass is 10.0. The van der Waals surface area contributed by atoms with Crippen molar-refractivity contribution in [2.75, 3.05) is 24.2 Å². The van der Waals surface area contributed by atoms with Gasteiger partial charge in [-0.05, 0) is 24.3 Å². The summed E-state index contributed by atoms with van der Waals surface area (Å²) in [6, 6.07) is 6.76. The number of nitrogen functional groups attached to an aromatic ring is 1. The summed E-state index contributed by atoms with van der Waals surface area (Å²) >= 11 is 0. The number of benzene rings is 1. The van der Waals surface area contributed by atoms with Crippen LogP contribution in [0.15, 0.2) is 24.3 Å². The Morgan fingerprint density at radius 1 is 0.947 bits per heavy atom. The van der Waals surface area contributed by atoms with Crippen LogP contribution in [0.25, 0.3) is 0 Å². The highest BCUT2D eigenvalue weighted by Crippen LogP contribution is 2.11. The molecule has 0 saturated heterocycles. The van der Waals surface area contributed by atoms with E-state index in [1.54, 1.807) is 24.3 Å². The van der Waals surface area contributed by atoms with Crippen molar-refractivity contribution in [1.29, 1.82) is 0 Å². The van der Waals surface area contributed by atoms with Crippen molar-refractivity contribution in [2.24, 2.45) is 0 Å². The topological polar surface area (TPSA) is 139 Å². The van der Waals surface area contributed by atoms with E-state index in [1.807, 2.05) is 0 Å². The quantitative estimate of drug-likeness (QED) is 0.288. The van der Waals surface area contributed by atoms with Gasteiger partial charge in [0.25, 0.3) is 0 Å². The summed E-state index contributed by atoms with van der Waals surface area (Å²) in [5, 5.41) is 49.3. The van der Waals surface area contributed by atoms with Gasteiger partial charge in [-0.3, -0.25) is 0 Å². The molecule has 7 nitrogen and oxygen atoms in total. The second-order valence-electron chi connectivity index (χ2n) is 4.30. The van der Waals surface area contributed by atoms with Gasteiger partial charge in [0.05, 0.1) is 12.7 Å². The average Bonchev–Trinajstić information content (AvgIpc) is 2.43. The molecule has 108 valence electrons. The molecule has 0 aromatic heterocycles. The molecular weight excluding hydrogens is 252 g/mol. The minimum atomic E-state index is -1.62. The lowest BCUT2D eigenvalue weighted by Crippen LogP contribution is -2.47. The number of hydrogen-bond donors (Lipinski definition) is 7. The number of aliphatic hydroxyl groups is 5. The molecule has 19 heavy (non-hydrogen) atoms. The van der Waals surface area contributed by atoms with E-state index in [0.29, 0.717) is 11.4 Å². The summed E-state index contributed by atoms with van der Waals surface area (Å²) in [7, 11) is 0. The maximum atomic E-state index is 9.66. The van der Waals surface area contributed by atoms with Crippen LogP contribution in [0.4, 0.5) is 11.4 Å². The van der Waals surface area contributed by atoms with Crippen molar-refractivity contribution in [3.63, 3.8) is 0 Å². The Morgan fingerprint density at radius 3 is 2.00 bits per heavy atom. The van der Waals surface area contributed by atoms with Gasteiger partial charge in [0.2, 0.25) is 0 Å². The first-order valence-electron chi connectivity index (χ1n) is 5.88. The predicted octanol–water partition coefficient (Wildman–Crippen LogP) is -1.88. The highest BCUT2D eigenvalue weighted by atomic mass is 16.4. The number of aliphatic hydroxyl groups excluding tert-OH is 5. The summed E-state index contributed by atoms with van der Waals surface area (Å²) in [5.41, 5.74) is 6.81. The highest BCUT2D eigenvalue weighted by molar-refractivity contribution is 5.51. The van der Waals surface area contributed by atoms with E-state index in [1.165, 1.54) is 0 Å². The van der Waals surface area contributed by atoms with E-state index >= 15 is 0 Å². The molecule has 0 heterocycles. The minimum Gasteiger partial charge on any atom is -0.399 e. The SMILES string of the molecule is Nc1ccc(NCC(O)C(O)C(O)C(O)CO)cc1. The van der Waals surface area contributed by atoms with Crippen molar-refractivity contribution in [3.05, 3.63) is 24.3 Å². The molecule has 1 rings (SSSR count).